The van der Waals surface area contributed by atoms with E-state index in [1.165, 1.54) is 5.56 Å². The summed E-state index contributed by atoms with van der Waals surface area (Å²) in [6, 6.07) is 15.1. The summed E-state index contributed by atoms with van der Waals surface area (Å²) in [4.78, 5) is 14.7. The van der Waals surface area contributed by atoms with Gasteiger partial charge in [-0.15, -0.1) is 0 Å². The van der Waals surface area contributed by atoms with Gasteiger partial charge < -0.3 is 9.64 Å². The number of halogens is 1. The van der Waals surface area contributed by atoms with E-state index in [0.29, 0.717) is 18.7 Å². The molecule has 1 unspecified atom stereocenters. The molecule has 2 aromatic rings. The molecule has 0 N–H and O–H groups in total. The van der Waals surface area contributed by atoms with Gasteiger partial charge in [0.05, 0.1) is 11.5 Å². The largest absolute Gasteiger partial charge is 0.484 e. The monoisotopic (exact) mass is 493 g/mol. The maximum atomic E-state index is 13.0. The van der Waals surface area contributed by atoms with Gasteiger partial charge in [0.25, 0.3) is 5.91 Å². The van der Waals surface area contributed by atoms with Gasteiger partial charge in [0.2, 0.25) is 0 Å². The highest BCUT2D eigenvalue weighted by molar-refractivity contribution is 9.10. The molecule has 1 amide bonds. The highest BCUT2D eigenvalue weighted by Crippen LogP contribution is 2.25. The zero-order valence-corrected chi connectivity index (χ0v) is 20.0. The predicted molar refractivity (Wildman–Crippen MR) is 122 cm³/mol. The Kier molecular flexibility index (Phi) is 6.92. The lowest BCUT2D eigenvalue weighted by atomic mass is 9.86. The molecule has 1 saturated heterocycles. The molecule has 30 heavy (non-hydrogen) atoms. The van der Waals surface area contributed by atoms with Crippen LogP contribution in [0.15, 0.2) is 53.0 Å². The summed E-state index contributed by atoms with van der Waals surface area (Å²) < 4.78 is 30.6. The molecule has 1 heterocycles. The molecule has 0 bridgehead atoms. The quantitative estimate of drug-likeness (QED) is 0.600. The first kappa shape index (κ1) is 22.8. The number of carbonyl (C=O) groups is 1. The van der Waals surface area contributed by atoms with Gasteiger partial charge in [-0.25, -0.2) is 8.42 Å². The van der Waals surface area contributed by atoms with E-state index in [2.05, 4.69) is 48.8 Å². The molecule has 7 heteroatoms. The van der Waals surface area contributed by atoms with Crippen LogP contribution in [0.5, 0.6) is 5.75 Å². The van der Waals surface area contributed by atoms with Crippen LogP contribution in [-0.2, 0) is 26.6 Å². The van der Waals surface area contributed by atoms with E-state index in [9.17, 15) is 13.2 Å². The van der Waals surface area contributed by atoms with Crippen LogP contribution in [0.2, 0.25) is 0 Å². The number of benzene rings is 2. The first-order valence-corrected chi connectivity index (χ1v) is 12.6. The van der Waals surface area contributed by atoms with Crippen molar-refractivity contribution < 1.29 is 17.9 Å². The normalized spacial score (nSPS) is 18.2. The molecule has 1 aliphatic rings. The third-order valence-electron chi connectivity index (χ3n) is 5.32. The van der Waals surface area contributed by atoms with E-state index in [4.69, 9.17) is 4.74 Å². The van der Waals surface area contributed by atoms with E-state index in [-0.39, 0.29) is 35.5 Å². The third kappa shape index (κ3) is 6.08. The van der Waals surface area contributed by atoms with Crippen LogP contribution in [0.1, 0.15) is 38.3 Å². The fourth-order valence-electron chi connectivity index (χ4n) is 3.51. The number of rotatable bonds is 6. The van der Waals surface area contributed by atoms with E-state index < -0.39 is 9.84 Å². The van der Waals surface area contributed by atoms with E-state index in [1.807, 2.05) is 24.3 Å². The maximum absolute atomic E-state index is 13.0. The minimum Gasteiger partial charge on any atom is -0.484 e. The molecule has 1 fully saturated rings. The van der Waals surface area contributed by atoms with Gasteiger partial charge in [0.1, 0.15) is 5.75 Å². The van der Waals surface area contributed by atoms with Gasteiger partial charge >= 0.3 is 0 Å². The van der Waals surface area contributed by atoms with E-state index in [0.717, 1.165) is 10.0 Å². The molecule has 162 valence electrons. The van der Waals surface area contributed by atoms with Crippen molar-refractivity contribution in [2.45, 2.75) is 45.2 Å². The average molecular weight is 494 g/mol. The van der Waals surface area contributed by atoms with E-state index >= 15 is 0 Å². The summed E-state index contributed by atoms with van der Waals surface area (Å²) in [6.45, 7) is 6.70. The molecule has 5 nitrogen and oxygen atoms in total. The van der Waals surface area contributed by atoms with Crippen molar-refractivity contribution in [2.24, 2.45) is 0 Å². The van der Waals surface area contributed by atoms with Gasteiger partial charge in [-0.3, -0.25) is 4.79 Å². The molecule has 0 spiro atoms. The van der Waals surface area contributed by atoms with Gasteiger partial charge in [0, 0.05) is 17.1 Å². The predicted octanol–water partition coefficient (Wildman–Crippen LogP) is 4.34. The minimum atomic E-state index is -3.10. The van der Waals surface area contributed by atoms with Crippen LogP contribution in [0.25, 0.3) is 0 Å². The molecule has 2 aromatic carbocycles. The maximum Gasteiger partial charge on any atom is 0.261 e. The van der Waals surface area contributed by atoms with Gasteiger partial charge in [0.15, 0.2) is 16.4 Å². The molecule has 0 radical (unpaired) electrons. The lowest BCUT2D eigenvalue weighted by Crippen LogP contribution is -2.43. The number of sulfone groups is 1. The second-order valence-electron chi connectivity index (χ2n) is 8.77. The second-order valence-corrected chi connectivity index (χ2v) is 11.9. The van der Waals surface area contributed by atoms with Crippen molar-refractivity contribution in [1.29, 1.82) is 0 Å². The Bertz CT molecular complexity index is 979. The summed E-state index contributed by atoms with van der Waals surface area (Å²) in [5, 5.41) is 0. The Morgan fingerprint density at radius 3 is 2.27 bits per heavy atom. The highest BCUT2D eigenvalue weighted by atomic mass is 79.9. The van der Waals surface area contributed by atoms with Crippen molar-refractivity contribution in [3.05, 3.63) is 64.1 Å². The van der Waals surface area contributed by atoms with Gasteiger partial charge in [-0.1, -0.05) is 61.0 Å². The number of ether oxygens (including phenoxy) is 1. The molecular formula is C23H28BrNO4S. The first-order chi connectivity index (χ1) is 14.0. The smallest absolute Gasteiger partial charge is 0.261 e. The summed E-state index contributed by atoms with van der Waals surface area (Å²) in [6.07, 6.45) is 0.465. The van der Waals surface area contributed by atoms with Gasteiger partial charge in [-0.2, -0.15) is 0 Å². The lowest BCUT2D eigenvalue weighted by Gasteiger charge is -2.29. The van der Waals surface area contributed by atoms with Crippen molar-refractivity contribution in [3.63, 3.8) is 0 Å². The number of hydrogen-bond acceptors (Lipinski definition) is 4. The second kappa shape index (κ2) is 9.10. The third-order valence-corrected chi connectivity index (χ3v) is 7.60. The van der Waals surface area contributed by atoms with Crippen LogP contribution in [0.4, 0.5) is 0 Å². The number of hydrogen-bond donors (Lipinski definition) is 0. The Balaban J connectivity index is 1.74. The summed E-state index contributed by atoms with van der Waals surface area (Å²) in [7, 11) is -3.10. The van der Waals surface area contributed by atoms with Crippen molar-refractivity contribution in [3.8, 4) is 5.75 Å². The topological polar surface area (TPSA) is 63.7 Å². The van der Waals surface area contributed by atoms with Crippen LogP contribution < -0.4 is 4.74 Å². The number of carbonyl (C=O) groups excluding carboxylic acids is 1. The molecule has 0 aliphatic carbocycles. The Hall–Kier alpha value is -1.86. The highest BCUT2D eigenvalue weighted by Gasteiger charge is 2.34. The summed E-state index contributed by atoms with van der Waals surface area (Å²) >= 11 is 3.37. The van der Waals surface area contributed by atoms with Crippen LogP contribution in [-0.4, -0.2) is 43.4 Å². The Labute approximate surface area is 187 Å². The van der Waals surface area contributed by atoms with Crippen molar-refractivity contribution >= 4 is 31.7 Å². The molecule has 1 atom stereocenters. The zero-order chi connectivity index (χ0) is 21.9. The molecule has 0 saturated carbocycles. The Morgan fingerprint density at radius 2 is 1.73 bits per heavy atom. The fourth-order valence-corrected chi connectivity index (χ4v) is 5.50. The number of nitrogens with zero attached hydrogens (tertiary/aromatic N) is 1. The van der Waals surface area contributed by atoms with E-state index in [1.54, 1.807) is 17.0 Å². The first-order valence-electron chi connectivity index (χ1n) is 10.0. The van der Waals surface area contributed by atoms with Crippen LogP contribution in [0.3, 0.4) is 0 Å². The number of amides is 1. The lowest BCUT2D eigenvalue weighted by molar-refractivity contribution is -0.136. The zero-order valence-electron chi connectivity index (χ0n) is 17.6. The standard InChI is InChI=1S/C23H28BrNO4S/c1-23(2,3)18-6-4-17(5-7-18)14-25(20-12-13-30(27,28)16-20)22(26)15-29-21-10-8-19(24)9-11-21/h4-11,20H,12-16H2,1-3H3. The van der Waals surface area contributed by atoms with Crippen molar-refractivity contribution in [1.82, 2.24) is 4.90 Å². The Morgan fingerprint density at radius 1 is 1.10 bits per heavy atom. The molecule has 1 aliphatic heterocycles. The van der Waals surface area contributed by atoms with Crippen LogP contribution in [0, 0.1) is 0 Å². The summed E-state index contributed by atoms with van der Waals surface area (Å²) in [5.74, 6) is 0.523. The van der Waals surface area contributed by atoms with Crippen LogP contribution >= 0.6 is 15.9 Å². The molecule has 0 aromatic heterocycles. The average Bonchev–Trinajstić information content (AvgIpc) is 3.04. The fraction of sp³-hybridized carbons (Fsp3) is 0.435. The van der Waals surface area contributed by atoms with Gasteiger partial charge in [-0.05, 0) is 47.2 Å². The molecular weight excluding hydrogens is 466 g/mol. The summed E-state index contributed by atoms with van der Waals surface area (Å²) in [5.41, 5.74) is 2.24. The SMILES string of the molecule is CC(C)(C)c1ccc(CN(C(=O)COc2ccc(Br)cc2)C2CCS(=O)(=O)C2)cc1. The van der Waals surface area contributed by atoms with Crippen molar-refractivity contribution in [2.75, 3.05) is 18.1 Å². The molecule has 3 rings (SSSR count). The minimum absolute atomic E-state index is 0.0110.